The summed E-state index contributed by atoms with van der Waals surface area (Å²) in [5.41, 5.74) is 2.53. The van der Waals surface area contributed by atoms with Crippen molar-refractivity contribution in [1.29, 1.82) is 0 Å². The molecule has 1 aliphatic rings. The summed E-state index contributed by atoms with van der Waals surface area (Å²) in [6, 6.07) is 8.30. The third kappa shape index (κ3) is 3.80. The van der Waals surface area contributed by atoms with E-state index in [-0.39, 0.29) is 6.10 Å². The molecule has 0 aromatic heterocycles. The lowest BCUT2D eigenvalue weighted by molar-refractivity contribution is 0.105. The van der Waals surface area contributed by atoms with E-state index in [2.05, 4.69) is 29.3 Å². The quantitative estimate of drug-likeness (QED) is 0.809. The molecule has 0 spiro atoms. The van der Waals surface area contributed by atoms with Crippen LogP contribution in [0.25, 0.3) is 0 Å². The Morgan fingerprint density at radius 2 is 2.00 bits per heavy atom. The summed E-state index contributed by atoms with van der Waals surface area (Å²) in [6.07, 6.45) is 0.505. The first-order valence-electron chi connectivity index (χ1n) is 6.41. The second-order valence-electron chi connectivity index (χ2n) is 4.84. The lowest BCUT2D eigenvalue weighted by atomic mass is 10.0. The highest BCUT2D eigenvalue weighted by molar-refractivity contribution is 5.26. The first-order chi connectivity index (χ1) is 8.25. The van der Waals surface area contributed by atoms with Gasteiger partial charge in [0.1, 0.15) is 0 Å². The molecule has 3 heteroatoms. The molecule has 1 aromatic rings. The lowest BCUT2D eigenvalue weighted by Crippen LogP contribution is -2.46. The molecule has 1 unspecified atom stereocenters. The van der Waals surface area contributed by atoms with E-state index in [0.717, 1.165) is 39.1 Å². The lowest BCUT2D eigenvalue weighted by Gasteiger charge is -2.29. The Hall–Kier alpha value is -0.900. The molecule has 1 aromatic carbocycles. The van der Waals surface area contributed by atoms with Crippen LogP contribution in [-0.2, 0) is 6.42 Å². The van der Waals surface area contributed by atoms with Crippen molar-refractivity contribution in [2.45, 2.75) is 19.4 Å². The highest BCUT2D eigenvalue weighted by Gasteiger charge is 2.14. The van der Waals surface area contributed by atoms with Crippen LogP contribution in [0.1, 0.15) is 11.1 Å². The Balaban J connectivity index is 1.84. The van der Waals surface area contributed by atoms with Crippen LogP contribution in [0.3, 0.4) is 0 Å². The van der Waals surface area contributed by atoms with E-state index >= 15 is 0 Å². The number of rotatable bonds is 4. The van der Waals surface area contributed by atoms with E-state index in [0.29, 0.717) is 0 Å². The number of β-amino-alcohol motifs (C(OH)–C–C–N with tert-alkyl or cyclic N) is 1. The molecular weight excluding hydrogens is 212 g/mol. The Kier molecular flexibility index (Phi) is 4.54. The van der Waals surface area contributed by atoms with Gasteiger partial charge in [-0.3, -0.25) is 4.90 Å². The van der Waals surface area contributed by atoms with E-state index < -0.39 is 0 Å². The van der Waals surface area contributed by atoms with Gasteiger partial charge in [-0.25, -0.2) is 0 Å². The maximum Gasteiger partial charge on any atom is 0.0707 e. The number of hydrogen-bond acceptors (Lipinski definition) is 3. The van der Waals surface area contributed by atoms with Crippen molar-refractivity contribution in [3.05, 3.63) is 35.4 Å². The SMILES string of the molecule is Cc1ccccc1CC(O)CN1CCNCC1. The predicted molar refractivity (Wildman–Crippen MR) is 70.2 cm³/mol. The van der Waals surface area contributed by atoms with Crippen LogP contribution in [0.15, 0.2) is 24.3 Å². The molecule has 0 amide bonds. The van der Waals surface area contributed by atoms with Gasteiger partial charge >= 0.3 is 0 Å². The van der Waals surface area contributed by atoms with Gasteiger partial charge in [0.05, 0.1) is 6.10 Å². The smallest absolute Gasteiger partial charge is 0.0707 e. The van der Waals surface area contributed by atoms with Gasteiger partial charge in [0.25, 0.3) is 0 Å². The van der Waals surface area contributed by atoms with Gasteiger partial charge in [-0.05, 0) is 24.5 Å². The van der Waals surface area contributed by atoms with Crippen molar-refractivity contribution in [1.82, 2.24) is 10.2 Å². The molecule has 1 fully saturated rings. The Labute approximate surface area is 103 Å². The fourth-order valence-corrected chi connectivity index (χ4v) is 2.35. The highest BCUT2D eigenvalue weighted by Crippen LogP contribution is 2.10. The summed E-state index contributed by atoms with van der Waals surface area (Å²) < 4.78 is 0. The molecule has 1 atom stereocenters. The zero-order chi connectivity index (χ0) is 12.1. The molecule has 0 radical (unpaired) electrons. The largest absolute Gasteiger partial charge is 0.391 e. The van der Waals surface area contributed by atoms with Crippen LogP contribution in [0.2, 0.25) is 0 Å². The summed E-state index contributed by atoms with van der Waals surface area (Å²) in [6.45, 7) is 7.06. The summed E-state index contributed by atoms with van der Waals surface area (Å²) >= 11 is 0. The van der Waals surface area contributed by atoms with Gasteiger partial charge in [0.15, 0.2) is 0 Å². The second-order valence-corrected chi connectivity index (χ2v) is 4.84. The van der Waals surface area contributed by atoms with Crippen molar-refractivity contribution < 1.29 is 5.11 Å². The van der Waals surface area contributed by atoms with Gasteiger partial charge in [0.2, 0.25) is 0 Å². The number of aliphatic hydroxyl groups excluding tert-OH is 1. The fraction of sp³-hybridized carbons (Fsp3) is 0.571. The van der Waals surface area contributed by atoms with Crippen LogP contribution < -0.4 is 5.32 Å². The number of benzene rings is 1. The molecule has 0 bridgehead atoms. The Morgan fingerprint density at radius 3 is 2.71 bits per heavy atom. The molecule has 17 heavy (non-hydrogen) atoms. The number of nitrogens with zero attached hydrogens (tertiary/aromatic N) is 1. The average molecular weight is 234 g/mol. The van der Waals surface area contributed by atoms with Crippen molar-refractivity contribution in [3.8, 4) is 0 Å². The zero-order valence-corrected chi connectivity index (χ0v) is 10.5. The molecule has 3 nitrogen and oxygen atoms in total. The highest BCUT2D eigenvalue weighted by atomic mass is 16.3. The molecule has 0 aliphatic carbocycles. The molecule has 2 rings (SSSR count). The number of aryl methyl sites for hydroxylation is 1. The monoisotopic (exact) mass is 234 g/mol. The van der Waals surface area contributed by atoms with Gasteiger partial charge in [-0.2, -0.15) is 0 Å². The first-order valence-corrected chi connectivity index (χ1v) is 6.41. The van der Waals surface area contributed by atoms with Crippen molar-refractivity contribution in [2.75, 3.05) is 32.7 Å². The standard InChI is InChI=1S/C14H22N2O/c1-12-4-2-3-5-13(12)10-14(17)11-16-8-6-15-7-9-16/h2-5,14-15,17H,6-11H2,1H3. The number of piperazine rings is 1. The van der Waals surface area contributed by atoms with Crippen molar-refractivity contribution in [2.24, 2.45) is 0 Å². The van der Waals surface area contributed by atoms with Crippen molar-refractivity contribution >= 4 is 0 Å². The molecule has 1 saturated heterocycles. The van der Waals surface area contributed by atoms with Gasteiger partial charge in [0, 0.05) is 32.7 Å². The number of hydrogen-bond donors (Lipinski definition) is 2. The maximum atomic E-state index is 10.1. The Bertz CT molecular complexity index is 348. The van der Waals surface area contributed by atoms with Gasteiger partial charge < -0.3 is 10.4 Å². The molecule has 2 N–H and O–H groups in total. The average Bonchev–Trinajstić information content (AvgIpc) is 2.33. The zero-order valence-electron chi connectivity index (χ0n) is 10.5. The van der Waals surface area contributed by atoms with Crippen LogP contribution in [0.5, 0.6) is 0 Å². The number of aliphatic hydroxyl groups is 1. The molecule has 1 heterocycles. The van der Waals surface area contributed by atoms with E-state index in [1.807, 2.05) is 12.1 Å². The van der Waals surface area contributed by atoms with Crippen LogP contribution in [0.4, 0.5) is 0 Å². The molecule has 94 valence electrons. The normalized spacial score (nSPS) is 19.2. The predicted octanol–water partition coefficient (Wildman–Crippen LogP) is 0.804. The molecule has 0 saturated carbocycles. The van der Waals surface area contributed by atoms with Crippen LogP contribution >= 0.6 is 0 Å². The summed E-state index contributed by atoms with van der Waals surface area (Å²) in [4.78, 5) is 2.33. The minimum atomic E-state index is -0.255. The minimum absolute atomic E-state index is 0.255. The third-order valence-corrected chi connectivity index (χ3v) is 3.40. The fourth-order valence-electron chi connectivity index (χ4n) is 2.35. The van der Waals surface area contributed by atoms with Crippen LogP contribution in [-0.4, -0.2) is 48.8 Å². The molecular formula is C14H22N2O. The summed E-state index contributed by atoms with van der Waals surface area (Å²) in [5.74, 6) is 0. The topological polar surface area (TPSA) is 35.5 Å². The van der Waals surface area contributed by atoms with E-state index in [1.54, 1.807) is 0 Å². The maximum absolute atomic E-state index is 10.1. The van der Waals surface area contributed by atoms with Gasteiger partial charge in [-0.15, -0.1) is 0 Å². The van der Waals surface area contributed by atoms with E-state index in [9.17, 15) is 5.11 Å². The van der Waals surface area contributed by atoms with E-state index in [1.165, 1.54) is 11.1 Å². The summed E-state index contributed by atoms with van der Waals surface area (Å²) in [7, 11) is 0. The second kappa shape index (κ2) is 6.15. The minimum Gasteiger partial charge on any atom is -0.391 e. The number of nitrogens with one attached hydrogen (secondary N) is 1. The Morgan fingerprint density at radius 1 is 1.29 bits per heavy atom. The van der Waals surface area contributed by atoms with Crippen LogP contribution in [0, 0.1) is 6.92 Å². The van der Waals surface area contributed by atoms with Crippen molar-refractivity contribution in [3.63, 3.8) is 0 Å². The summed E-state index contributed by atoms with van der Waals surface area (Å²) in [5, 5.41) is 13.4. The third-order valence-electron chi connectivity index (χ3n) is 3.40. The molecule has 1 aliphatic heterocycles. The van der Waals surface area contributed by atoms with E-state index in [4.69, 9.17) is 0 Å². The first kappa shape index (κ1) is 12.6. The van der Waals surface area contributed by atoms with Gasteiger partial charge in [-0.1, -0.05) is 24.3 Å².